The highest BCUT2D eigenvalue weighted by Crippen LogP contribution is 2.30. The van der Waals surface area contributed by atoms with E-state index in [2.05, 4.69) is 27.1 Å². The molecule has 2 aromatic carbocycles. The molecule has 1 saturated heterocycles. The molecule has 4 rings (SSSR count). The Kier molecular flexibility index (Phi) is 6.21. The zero-order valence-electron chi connectivity index (χ0n) is 17.0. The van der Waals surface area contributed by atoms with Gasteiger partial charge in [-0.15, -0.1) is 0 Å². The first-order valence-corrected chi connectivity index (χ1v) is 10.1. The van der Waals surface area contributed by atoms with E-state index in [0.29, 0.717) is 17.9 Å². The monoisotopic (exact) mass is 408 g/mol. The number of piperazine rings is 1. The van der Waals surface area contributed by atoms with Crippen LogP contribution >= 0.6 is 0 Å². The predicted molar refractivity (Wildman–Crippen MR) is 114 cm³/mol. The first kappa shape index (κ1) is 20.3. The van der Waals surface area contributed by atoms with Crippen molar-refractivity contribution in [1.82, 2.24) is 20.1 Å². The molecular formula is C23H25FN4O2. The molecule has 6 nitrogen and oxygen atoms in total. The highest BCUT2D eigenvalue weighted by Gasteiger charge is 2.22. The van der Waals surface area contributed by atoms with E-state index in [-0.39, 0.29) is 23.3 Å². The van der Waals surface area contributed by atoms with Crippen molar-refractivity contribution in [3.63, 3.8) is 0 Å². The van der Waals surface area contributed by atoms with Crippen molar-refractivity contribution >= 4 is 5.91 Å². The van der Waals surface area contributed by atoms with Crippen LogP contribution in [0.1, 0.15) is 10.5 Å². The molecule has 0 saturated carbocycles. The van der Waals surface area contributed by atoms with Crippen molar-refractivity contribution in [2.75, 3.05) is 46.3 Å². The Morgan fingerprint density at radius 2 is 1.80 bits per heavy atom. The van der Waals surface area contributed by atoms with Gasteiger partial charge in [-0.2, -0.15) is 0 Å². The van der Waals surface area contributed by atoms with Gasteiger partial charge in [0.05, 0.1) is 0 Å². The lowest BCUT2D eigenvalue weighted by atomic mass is 10.1. The Labute approximate surface area is 175 Å². The molecule has 3 aromatic rings. The van der Waals surface area contributed by atoms with E-state index in [4.69, 9.17) is 4.42 Å². The van der Waals surface area contributed by atoms with Crippen molar-refractivity contribution in [2.24, 2.45) is 0 Å². The van der Waals surface area contributed by atoms with Gasteiger partial charge in [0, 0.05) is 50.4 Å². The number of carbonyl (C=O) groups excluding carboxylic acids is 1. The number of aromatic nitrogens is 1. The zero-order chi connectivity index (χ0) is 20.9. The quantitative estimate of drug-likeness (QED) is 0.679. The van der Waals surface area contributed by atoms with Gasteiger partial charge in [-0.1, -0.05) is 36.4 Å². The lowest BCUT2D eigenvalue weighted by Gasteiger charge is -2.32. The Morgan fingerprint density at radius 3 is 2.53 bits per heavy atom. The van der Waals surface area contributed by atoms with Crippen molar-refractivity contribution in [2.45, 2.75) is 0 Å². The van der Waals surface area contributed by atoms with Crippen LogP contribution in [0, 0.1) is 5.82 Å². The standard InChI is InChI=1S/C23H25FN4O2/c1-27-12-14-28(15-13-27)11-10-25-22(29)20-21(17-6-3-2-4-7-17)30-23(26-20)18-8-5-9-19(24)16-18/h2-9,16H,10-15H2,1H3,(H,25,29). The molecule has 0 unspecified atom stereocenters. The minimum Gasteiger partial charge on any atom is -0.435 e. The second kappa shape index (κ2) is 9.19. The van der Waals surface area contributed by atoms with Crippen LogP contribution in [0.25, 0.3) is 22.8 Å². The molecule has 0 aliphatic carbocycles. The van der Waals surface area contributed by atoms with E-state index in [1.165, 1.54) is 12.1 Å². The fraction of sp³-hybridized carbons (Fsp3) is 0.304. The summed E-state index contributed by atoms with van der Waals surface area (Å²) in [6.45, 7) is 5.37. The average Bonchev–Trinajstić information content (AvgIpc) is 3.21. The van der Waals surface area contributed by atoms with Gasteiger partial charge < -0.3 is 14.6 Å². The molecule has 1 fully saturated rings. The second-order valence-electron chi connectivity index (χ2n) is 7.47. The summed E-state index contributed by atoms with van der Waals surface area (Å²) in [5, 5.41) is 2.95. The number of amides is 1. The summed E-state index contributed by atoms with van der Waals surface area (Å²) in [7, 11) is 2.12. The number of rotatable bonds is 6. The molecule has 7 heteroatoms. The SMILES string of the molecule is CN1CCN(CCNC(=O)c2nc(-c3cccc(F)c3)oc2-c2ccccc2)CC1. The summed E-state index contributed by atoms with van der Waals surface area (Å²) < 4.78 is 19.6. The fourth-order valence-electron chi connectivity index (χ4n) is 3.49. The number of benzene rings is 2. The molecule has 0 bridgehead atoms. The highest BCUT2D eigenvalue weighted by molar-refractivity contribution is 5.98. The van der Waals surface area contributed by atoms with Crippen LogP contribution in [-0.4, -0.2) is 67.0 Å². The zero-order valence-corrected chi connectivity index (χ0v) is 17.0. The van der Waals surface area contributed by atoms with Crippen LogP contribution in [0.15, 0.2) is 59.0 Å². The molecule has 156 valence electrons. The summed E-state index contributed by atoms with van der Waals surface area (Å²) >= 11 is 0. The number of hydrogen-bond donors (Lipinski definition) is 1. The largest absolute Gasteiger partial charge is 0.435 e. The third-order valence-electron chi connectivity index (χ3n) is 5.26. The molecule has 2 heterocycles. The van der Waals surface area contributed by atoms with E-state index in [1.807, 2.05) is 30.3 Å². The Balaban J connectivity index is 1.52. The van der Waals surface area contributed by atoms with Gasteiger partial charge in [0.1, 0.15) is 5.82 Å². The fourth-order valence-corrected chi connectivity index (χ4v) is 3.49. The average molecular weight is 408 g/mol. The minimum atomic E-state index is -0.384. The van der Waals surface area contributed by atoms with Gasteiger partial charge >= 0.3 is 0 Å². The van der Waals surface area contributed by atoms with Gasteiger partial charge in [-0.25, -0.2) is 9.37 Å². The normalized spacial score (nSPS) is 15.3. The summed E-state index contributed by atoms with van der Waals surface area (Å²) in [6, 6.07) is 15.3. The number of halogens is 1. The van der Waals surface area contributed by atoms with Crippen molar-refractivity contribution < 1.29 is 13.6 Å². The number of carbonyl (C=O) groups is 1. The topological polar surface area (TPSA) is 61.6 Å². The summed E-state index contributed by atoms with van der Waals surface area (Å²) in [6.07, 6.45) is 0. The van der Waals surface area contributed by atoms with Gasteiger partial charge in [0.2, 0.25) is 5.89 Å². The summed E-state index contributed by atoms with van der Waals surface area (Å²) in [5.41, 5.74) is 1.44. The third-order valence-corrected chi connectivity index (χ3v) is 5.26. The highest BCUT2D eigenvalue weighted by atomic mass is 19.1. The van der Waals surface area contributed by atoms with Gasteiger partial charge in [-0.3, -0.25) is 9.69 Å². The molecule has 1 aliphatic heterocycles. The van der Waals surface area contributed by atoms with Crippen molar-refractivity contribution in [1.29, 1.82) is 0 Å². The van der Waals surface area contributed by atoms with E-state index in [0.717, 1.165) is 38.3 Å². The second-order valence-corrected chi connectivity index (χ2v) is 7.47. The van der Waals surface area contributed by atoms with Crippen LogP contribution in [0.4, 0.5) is 4.39 Å². The Morgan fingerprint density at radius 1 is 1.07 bits per heavy atom. The smallest absolute Gasteiger partial charge is 0.273 e. The molecule has 1 N–H and O–H groups in total. The van der Waals surface area contributed by atoms with Gasteiger partial charge in [-0.05, 0) is 25.2 Å². The summed E-state index contributed by atoms with van der Waals surface area (Å²) in [4.78, 5) is 21.9. The Bertz CT molecular complexity index is 997. The van der Waals surface area contributed by atoms with Gasteiger partial charge in [0.15, 0.2) is 11.5 Å². The van der Waals surface area contributed by atoms with Crippen LogP contribution in [0.3, 0.4) is 0 Å². The van der Waals surface area contributed by atoms with Crippen LogP contribution in [-0.2, 0) is 0 Å². The lowest BCUT2D eigenvalue weighted by molar-refractivity contribution is 0.0937. The number of oxazole rings is 1. The maximum Gasteiger partial charge on any atom is 0.273 e. The van der Waals surface area contributed by atoms with Crippen LogP contribution < -0.4 is 5.32 Å². The maximum atomic E-state index is 13.7. The molecular weight excluding hydrogens is 383 g/mol. The van der Waals surface area contributed by atoms with Crippen LogP contribution in [0.2, 0.25) is 0 Å². The predicted octanol–water partition coefficient (Wildman–Crippen LogP) is 3.12. The first-order chi connectivity index (χ1) is 14.6. The molecule has 1 amide bonds. The Hall–Kier alpha value is -3.03. The minimum absolute atomic E-state index is 0.207. The van der Waals surface area contributed by atoms with Crippen molar-refractivity contribution in [3.8, 4) is 22.8 Å². The van der Waals surface area contributed by atoms with E-state index in [9.17, 15) is 9.18 Å². The maximum absolute atomic E-state index is 13.7. The molecule has 1 aliphatic rings. The molecule has 0 spiro atoms. The number of nitrogens with one attached hydrogen (secondary N) is 1. The van der Waals surface area contributed by atoms with Crippen molar-refractivity contribution in [3.05, 3.63) is 66.1 Å². The lowest BCUT2D eigenvalue weighted by Crippen LogP contribution is -2.46. The van der Waals surface area contributed by atoms with E-state index >= 15 is 0 Å². The van der Waals surface area contributed by atoms with E-state index in [1.54, 1.807) is 12.1 Å². The number of likely N-dealkylation sites (N-methyl/N-ethyl adjacent to an activating group) is 1. The molecule has 1 aromatic heterocycles. The van der Waals surface area contributed by atoms with Gasteiger partial charge in [0.25, 0.3) is 5.91 Å². The molecule has 30 heavy (non-hydrogen) atoms. The first-order valence-electron chi connectivity index (χ1n) is 10.1. The van der Waals surface area contributed by atoms with E-state index < -0.39 is 0 Å². The third kappa shape index (κ3) is 4.75. The molecule has 0 radical (unpaired) electrons. The molecule has 0 atom stereocenters. The number of hydrogen-bond acceptors (Lipinski definition) is 5. The summed E-state index contributed by atoms with van der Waals surface area (Å²) in [5.74, 6) is -0.0796. The number of nitrogens with zero attached hydrogens (tertiary/aromatic N) is 3. The van der Waals surface area contributed by atoms with Crippen LogP contribution in [0.5, 0.6) is 0 Å².